The molecule has 1 aliphatic carbocycles. The maximum absolute atomic E-state index is 12.7. The van der Waals surface area contributed by atoms with Crippen LogP contribution in [-0.2, 0) is 14.8 Å². The number of nitrogens with one attached hydrogen (secondary N) is 2. The van der Waals surface area contributed by atoms with Gasteiger partial charge in [-0.2, -0.15) is 0 Å². The first-order chi connectivity index (χ1) is 11.8. The molecular weight excluding hydrogens is 360 g/mol. The highest BCUT2D eigenvalue weighted by atomic mass is 35.5. The monoisotopic (exact) mass is 378 g/mol. The van der Waals surface area contributed by atoms with Crippen LogP contribution in [0.1, 0.15) is 18.9 Å². The molecule has 0 saturated heterocycles. The van der Waals surface area contributed by atoms with Crippen LogP contribution in [0.2, 0.25) is 5.02 Å². The normalized spacial score (nSPS) is 19.3. The average Bonchev–Trinajstić information content (AvgIpc) is 3.25. The van der Waals surface area contributed by atoms with Crippen molar-refractivity contribution < 1.29 is 13.2 Å². The quantitative estimate of drug-likeness (QED) is 0.824. The topological polar surface area (TPSA) is 75.3 Å². The van der Waals surface area contributed by atoms with Crippen LogP contribution in [0.3, 0.4) is 0 Å². The first kappa shape index (κ1) is 17.8. The molecule has 5 nitrogen and oxygen atoms in total. The fourth-order valence-corrected chi connectivity index (χ4v) is 4.16. The van der Waals surface area contributed by atoms with E-state index in [1.807, 2.05) is 6.92 Å². The van der Waals surface area contributed by atoms with Crippen LogP contribution in [0.4, 0.5) is 11.4 Å². The maximum Gasteiger partial charge on any atom is 0.262 e. The Morgan fingerprint density at radius 3 is 2.52 bits per heavy atom. The summed E-state index contributed by atoms with van der Waals surface area (Å²) in [5.41, 5.74) is 1.45. The SMILES string of the molecule is Cc1ccc(NC(=O)[C@H]2C[C@H]2C)cc1S(=O)(=O)Nc1cccc(Cl)c1. The lowest BCUT2D eigenvalue weighted by molar-refractivity contribution is -0.117. The van der Waals surface area contributed by atoms with E-state index in [4.69, 9.17) is 11.6 Å². The Balaban J connectivity index is 1.84. The zero-order valence-corrected chi connectivity index (χ0v) is 15.5. The Morgan fingerprint density at radius 2 is 1.88 bits per heavy atom. The van der Waals surface area contributed by atoms with Crippen molar-refractivity contribution in [3.05, 3.63) is 53.1 Å². The van der Waals surface area contributed by atoms with E-state index < -0.39 is 10.0 Å². The summed E-state index contributed by atoms with van der Waals surface area (Å²) in [6.45, 7) is 3.73. The number of halogens is 1. The zero-order chi connectivity index (χ0) is 18.2. The minimum atomic E-state index is -3.79. The fraction of sp³-hybridized carbons (Fsp3) is 0.278. The van der Waals surface area contributed by atoms with Crippen molar-refractivity contribution >= 4 is 38.9 Å². The van der Waals surface area contributed by atoms with Gasteiger partial charge in [-0.15, -0.1) is 0 Å². The van der Waals surface area contributed by atoms with Crippen molar-refractivity contribution in [2.75, 3.05) is 10.0 Å². The molecule has 7 heteroatoms. The summed E-state index contributed by atoms with van der Waals surface area (Å²) in [4.78, 5) is 12.2. The molecule has 0 bridgehead atoms. The second kappa shape index (κ2) is 6.69. The van der Waals surface area contributed by atoms with Gasteiger partial charge in [0, 0.05) is 16.6 Å². The van der Waals surface area contributed by atoms with Gasteiger partial charge in [-0.3, -0.25) is 9.52 Å². The van der Waals surface area contributed by atoms with Crippen molar-refractivity contribution in [3.63, 3.8) is 0 Å². The molecule has 2 aromatic rings. The smallest absolute Gasteiger partial charge is 0.262 e. The highest BCUT2D eigenvalue weighted by Gasteiger charge is 2.39. The van der Waals surface area contributed by atoms with Crippen LogP contribution < -0.4 is 10.0 Å². The zero-order valence-electron chi connectivity index (χ0n) is 13.9. The molecule has 1 aliphatic rings. The molecule has 1 saturated carbocycles. The van der Waals surface area contributed by atoms with Gasteiger partial charge in [0.25, 0.3) is 10.0 Å². The van der Waals surface area contributed by atoms with E-state index in [2.05, 4.69) is 10.0 Å². The Labute approximate surface area is 152 Å². The number of hydrogen-bond acceptors (Lipinski definition) is 3. The number of rotatable bonds is 5. The van der Waals surface area contributed by atoms with Gasteiger partial charge < -0.3 is 5.32 Å². The van der Waals surface area contributed by atoms with Crippen LogP contribution in [0.5, 0.6) is 0 Å². The lowest BCUT2D eigenvalue weighted by Crippen LogP contribution is -2.17. The van der Waals surface area contributed by atoms with Gasteiger partial charge in [-0.05, 0) is 55.2 Å². The number of carbonyl (C=O) groups excluding carboxylic acids is 1. The lowest BCUT2D eigenvalue weighted by Gasteiger charge is -2.13. The number of hydrogen-bond donors (Lipinski definition) is 2. The summed E-state index contributed by atoms with van der Waals surface area (Å²) in [5, 5.41) is 3.24. The third-order valence-electron chi connectivity index (χ3n) is 4.27. The molecule has 1 amide bonds. The molecule has 0 spiro atoms. The van der Waals surface area contributed by atoms with Gasteiger partial charge in [0.05, 0.1) is 10.6 Å². The van der Waals surface area contributed by atoms with E-state index in [9.17, 15) is 13.2 Å². The molecular formula is C18H19ClN2O3S. The Hall–Kier alpha value is -2.05. The second-order valence-corrected chi connectivity index (χ2v) is 8.49. The largest absolute Gasteiger partial charge is 0.326 e. The van der Waals surface area contributed by atoms with Crippen molar-refractivity contribution in [1.29, 1.82) is 0 Å². The highest BCUT2D eigenvalue weighted by molar-refractivity contribution is 7.92. The maximum atomic E-state index is 12.7. The molecule has 1 fully saturated rings. The molecule has 0 radical (unpaired) electrons. The number of carbonyl (C=O) groups is 1. The summed E-state index contributed by atoms with van der Waals surface area (Å²) in [6.07, 6.45) is 0.874. The van der Waals surface area contributed by atoms with Gasteiger partial charge in [0.1, 0.15) is 0 Å². The molecule has 25 heavy (non-hydrogen) atoms. The van der Waals surface area contributed by atoms with E-state index in [1.54, 1.807) is 37.3 Å². The molecule has 3 rings (SSSR count). The van der Waals surface area contributed by atoms with Crippen molar-refractivity contribution in [2.24, 2.45) is 11.8 Å². The van der Waals surface area contributed by atoms with Crippen molar-refractivity contribution in [2.45, 2.75) is 25.2 Å². The first-order valence-corrected chi connectivity index (χ1v) is 9.82. The minimum Gasteiger partial charge on any atom is -0.326 e. The summed E-state index contributed by atoms with van der Waals surface area (Å²) >= 11 is 5.90. The highest BCUT2D eigenvalue weighted by Crippen LogP contribution is 2.38. The van der Waals surface area contributed by atoms with Crippen LogP contribution in [0, 0.1) is 18.8 Å². The summed E-state index contributed by atoms with van der Waals surface area (Å²) in [6, 6.07) is 11.4. The molecule has 0 unspecified atom stereocenters. The predicted molar refractivity (Wildman–Crippen MR) is 99.3 cm³/mol. The molecule has 2 aromatic carbocycles. The third kappa shape index (κ3) is 4.14. The van der Waals surface area contributed by atoms with Crippen LogP contribution in [-0.4, -0.2) is 14.3 Å². The Bertz CT molecular complexity index is 928. The van der Waals surface area contributed by atoms with E-state index in [-0.39, 0.29) is 16.7 Å². The lowest BCUT2D eigenvalue weighted by atomic mass is 10.2. The number of sulfonamides is 1. The molecule has 0 aromatic heterocycles. The van der Waals surface area contributed by atoms with Crippen molar-refractivity contribution in [1.82, 2.24) is 0 Å². The molecule has 2 atom stereocenters. The number of aryl methyl sites for hydroxylation is 1. The summed E-state index contributed by atoms with van der Waals surface area (Å²) < 4.78 is 27.9. The van der Waals surface area contributed by atoms with E-state index in [1.165, 1.54) is 12.1 Å². The minimum absolute atomic E-state index is 0.0194. The third-order valence-corrected chi connectivity index (χ3v) is 6.03. The molecule has 2 N–H and O–H groups in total. The van der Waals surface area contributed by atoms with Crippen LogP contribution >= 0.6 is 11.6 Å². The fourth-order valence-electron chi connectivity index (χ4n) is 2.65. The van der Waals surface area contributed by atoms with Gasteiger partial charge in [-0.1, -0.05) is 30.7 Å². The molecule has 132 valence electrons. The van der Waals surface area contributed by atoms with Gasteiger partial charge in [-0.25, -0.2) is 8.42 Å². The molecule has 0 heterocycles. The number of benzene rings is 2. The van der Waals surface area contributed by atoms with Crippen LogP contribution in [0.15, 0.2) is 47.4 Å². The van der Waals surface area contributed by atoms with Gasteiger partial charge in [0.15, 0.2) is 0 Å². The van der Waals surface area contributed by atoms with Crippen LogP contribution in [0.25, 0.3) is 0 Å². The predicted octanol–water partition coefficient (Wildman–Crippen LogP) is 4.04. The average molecular weight is 379 g/mol. The van der Waals surface area contributed by atoms with E-state index in [0.29, 0.717) is 27.9 Å². The van der Waals surface area contributed by atoms with Gasteiger partial charge in [0.2, 0.25) is 5.91 Å². The van der Waals surface area contributed by atoms with E-state index in [0.717, 1.165) is 6.42 Å². The van der Waals surface area contributed by atoms with Crippen molar-refractivity contribution in [3.8, 4) is 0 Å². The van der Waals surface area contributed by atoms with E-state index >= 15 is 0 Å². The first-order valence-electron chi connectivity index (χ1n) is 7.96. The Kier molecular flexibility index (Phi) is 4.75. The van der Waals surface area contributed by atoms with Gasteiger partial charge >= 0.3 is 0 Å². The second-order valence-electron chi connectivity index (χ2n) is 6.40. The number of amides is 1. The summed E-state index contributed by atoms with van der Waals surface area (Å²) in [7, 11) is -3.79. The standard InChI is InChI=1S/C18H19ClN2O3S/c1-11-6-7-14(20-18(22)16-8-12(16)2)10-17(11)25(23,24)21-15-5-3-4-13(19)9-15/h3-7,9-10,12,16,21H,8H2,1-2H3,(H,20,22)/t12-,16+/m1/s1. The Morgan fingerprint density at radius 1 is 1.16 bits per heavy atom. The summed E-state index contributed by atoms with van der Waals surface area (Å²) in [5.74, 6) is 0.339. The molecule has 0 aliphatic heterocycles. The number of anilines is 2.